The van der Waals surface area contributed by atoms with Gasteiger partial charge in [-0.05, 0) is 30.4 Å². The third-order valence-corrected chi connectivity index (χ3v) is 4.81. The minimum Gasteiger partial charge on any atom is -0.370 e. The number of nitrogens with one attached hydrogen (secondary N) is 1. The second-order valence-electron chi connectivity index (χ2n) is 7.39. The van der Waals surface area contributed by atoms with Crippen LogP contribution in [0.3, 0.4) is 0 Å². The molecule has 1 aromatic rings. The summed E-state index contributed by atoms with van der Waals surface area (Å²) in [4.78, 5) is 17.7. The van der Waals surface area contributed by atoms with E-state index >= 15 is 0 Å². The van der Waals surface area contributed by atoms with Crippen LogP contribution < -0.4 is 11.1 Å². The molecule has 1 amide bonds. The number of piperidine rings is 1. The smallest absolute Gasteiger partial charge is 0.217 e. The molecule has 1 aliphatic heterocycles. The van der Waals surface area contributed by atoms with Gasteiger partial charge in [0.05, 0.1) is 0 Å². The first kappa shape index (κ1) is 22.7. The van der Waals surface area contributed by atoms with Crippen molar-refractivity contribution in [2.24, 2.45) is 16.6 Å². The van der Waals surface area contributed by atoms with E-state index in [4.69, 9.17) is 5.73 Å². The Balaban J connectivity index is 0.00000338. The van der Waals surface area contributed by atoms with Crippen LogP contribution in [0.15, 0.2) is 29.3 Å². The van der Waals surface area contributed by atoms with E-state index in [2.05, 4.69) is 15.2 Å². The van der Waals surface area contributed by atoms with E-state index in [1.165, 1.54) is 6.07 Å². The molecule has 0 aliphatic carbocycles. The van der Waals surface area contributed by atoms with Crippen LogP contribution in [-0.4, -0.2) is 43.4 Å². The number of likely N-dealkylation sites (tertiary alicyclic amines) is 1. The summed E-state index contributed by atoms with van der Waals surface area (Å²) in [6.07, 6.45) is 2.43. The molecule has 3 N–H and O–H groups in total. The van der Waals surface area contributed by atoms with Gasteiger partial charge < -0.3 is 16.0 Å². The van der Waals surface area contributed by atoms with E-state index in [1.54, 1.807) is 13.1 Å². The molecule has 1 aliphatic rings. The third-order valence-electron chi connectivity index (χ3n) is 4.81. The topological polar surface area (TPSA) is 70.7 Å². The molecule has 0 bridgehead atoms. The Morgan fingerprint density at radius 1 is 1.42 bits per heavy atom. The predicted octanol–water partition coefficient (Wildman–Crippen LogP) is 2.88. The highest BCUT2D eigenvalue weighted by molar-refractivity contribution is 14.0. The van der Waals surface area contributed by atoms with Crippen molar-refractivity contribution < 1.29 is 9.18 Å². The quantitative estimate of drug-likeness (QED) is 0.390. The number of rotatable bonds is 5. The SMILES string of the molecule is CN=C(NCC(C)(C)c1ccccc1F)N1CCCC(CC(N)=O)C1.I. The van der Waals surface area contributed by atoms with E-state index in [-0.39, 0.29) is 47.0 Å². The van der Waals surface area contributed by atoms with Crippen LogP contribution in [0, 0.1) is 11.7 Å². The highest BCUT2D eigenvalue weighted by Gasteiger charge is 2.27. The lowest BCUT2D eigenvalue weighted by molar-refractivity contribution is -0.119. The summed E-state index contributed by atoms with van der Waals surface area (Å²) in [5.74, 6) is 0.613. The number of amides is 1. The van der Waals surface area contributed by atoms with Gasteiger partial charge in [0.2, 0.25) is 5.91 Å². The fourth-order valence-corrected chi connectivity index (χ4v) is 3.45. The summed E-state index contributed by atoms with van der Waals surface area (Å²) < 4.78 is 14.1. The number of benzene rings is 1. The molecule has 1 fully saturated rings. The fourth-order valence-electron chi connectivity index (χ4n) is 3.45. The molecule has 1 heterocycles. The third kappa shape index (κ3) is 6.10. The fraction of sp³-hybridized carbons (Fsp3) is 0.579. The first-order valence-electron chi connectivity index (χ1n) is 8.82. The second-order valence-corrected chi connectivity index (χ2v) is 7.39. The molecule has 26 heavy (non-hydrogen) atoms. The first-order chi connectivity index (χ1) is 11.8. The largest absolute Gasteiger partial charge is 0.370 e. The van der Waals surface area contributed by atoms with Crippen LogP contribution in [0.25, 0.3) is 0 Å². The summed E-state index contributed by atoms with van der Waals surface area (Å²) in [6, 6.07) is 6.87. The lowest BCUT2D eigenvalue weighted by atomic mass is 9.84. The number of halogens is 2. The first-order valence-corrected chi connectivity index (χ1v) is 8.82. The Morgan fingerprint density at radius 3 is 2.73 bits per heavy atom. The Hall–Kier alpha value is -1.38. The molecule has 0 spiro atoms. The zero-order chi connectivity index (χ0) is 18.4. The zero-order valence-electron chi connectivity index (χ0n) is 15.8. The molecule has 1 aromatic carbocycles. The van der Waals surface area contributed by atoms with Crippen molar-refractivity contribution in [3.8, 4) is 0 Å². The number of carbonyl (C=O) groups is 1. The van der Waals surface area contributed by atoms with Crippen LogP contribution in [0.1, 0.15) is 38.7 Å². The standard InChI is InChI=1S/C19H29FN4O.HI/c1-19(2,15-8-4-5-9-16(15)20)13-23-18(22-3)24-10-6-7-14(12-24)11-17(21)25;/h4-5,8-9,14H,6-7,10-13H2,1-3H3,(H2,21,25)(H,22,23);1H. The van der Waals surface area contributed by atoms with Gasteiger partial charge in [-0.25, -0.2) is 4.39 Å². The molecule has 146 valence electrons. The molecule has 1 atom stereocenters. The van der Waals surface area contributed by atoms with Crippen molar-refractivity contribution in [2.75, 3.05) is 26.7 Å². The number of guanidine groups is 1. The molecular weight excluding hydrogens is 446 g/mol. The Bertz CT molecular complexity index is 636. The lowest BCUT2D eigenvalue weighted by Gasteiger charge is -2.36. The van der Waals surface area contributed by atoms with Crippen molar-refractivity contribution in [3.05, 3.63) is 35.6 Å². The normalized spacial score (nSPS) is 18.2. The number of hydrogen-bond donors (Lipinski definition) is 2. The Labute approximate surface area is 172 Å². The molecule has 0 aromatic heterocycles. The van der Waals surface area contributed by atoms with Gasteiger partial charge in [-0.2, -0.15) is 0 Å². The maximum absolute atomic E-state index is 14.1. The number of carbonyl (C=O) groups excluding carboxylic acids is 1. The molecule has 1 unspecified atom stereocenters. The molecule has 1 saturated heterocycles. The second kappa shape index (κ2) is 10.1. The van der Waals surface area contributed by atoms with Gasteiger partial charge in [-0.1, -0.05) is 32.0 Å². The predicted molar refractivity (Wildman–Crippen MR) is 114 cm³/mol. The van der Waals surface area contributed by atoms with Crippen LogP contribution in [0.2, 0.25) is 0 Å². The highest BCUT2D eigenvalue weighted by Crippen LogP contribution is 2.25. The molecule has 7 heteroatoms. The van der Waals surface area contributed by atoms with Gasteiger partial charge in [0.25, 0.3) is 0 Å². The number of aliphatic imine (C=N–C) groups is 1. The zero-order valence-corrected chi connectivity index (χ0v) is 18.1. The molecule has 0 saturated carbocycles. The summed E-state index contributed by atoms with van der Waals surface area (Å²) in [7, 11) is 1.75. The summed E-state index contributed by atoms with van der Waals surface area (Å²) >= 11 is 0. The number of hydrogen-bond acceptors (Lipinski definition) is 2. The van der Waals surface area contributed by atoms with Crippen LogP contribution >= 0.6 is 24.0 Å². The number of nitrogens with zero attached hydrogens (tertiary/aromatic N) is 2. The Kier molecular flexibility index (Phi) is 8.79. The molecule has 5 nitrogen and oxygen atoms in total. The van der Waals surface area contributed by atoms with Gasteiger partial charge in [0, 0.05) is 38.5 Å². The maximum atomic E-state index is 14.1. The van der Waals surface area contributed by atoms with Gasteiger partial charge in [0.1, 0.15) is 5.82 Å². The van der Waals surface area contributed by atoms with E-state index in [9.17, 15) is 9.18 Å². The van der Waals surface area contributed by atoms with Crippen LogP contribution in [-0.2, 0) is 10.2 Å². The van der Waals surface area contributed by atoms with Crippen molar-refractivity contribution in [1.82, 2.24) is 10.2 Å². The lowest BCUT2D eigenvalue weighted by Crippen LogP contribution is -2.49. The van der Waals surface area contributed by atoms with Gasteiger partial charge >= 0.3 is 0 Å². The van der Waals surface area contributed by atoms with Crippen LogP contribution in [0.5, 0.6) is 0 Å². The van der Waals surface area contributed by atoms with E-state index < -0.39 is 0 Å². The molecule has 2 rings (SSSR count). The van der Waals surface area contributed by atoms with Crippen molar-refractivity contribution in [3.63, 3.8) is 0 Å². The minimum absolute atomic E-state index is 0. The Morgan fingerprint density at radius 2 is 2.12 bits per heavy atom. The number of primary amides is 1. The van der Waals surface area contributed by atoms with Gasteiger partial charge in [-0.3, -0.25) is 9.79 Å². The van der Waals surface area contributed by atoms with Gasteiger partial charge in [-0.15, -0.1) is 24.0 Å². The van der Waals surface area contributed by atoms with E-state index in [0.717, 1.165) is 31.9 Å². The van der Waals surface area contributed by atoms with E-state index in [1.807, 2.05) is 26.0 Å². The monoisotopic (exact) mass is 476 g/mol. The van der Waals surface area contributed by atoms with Crippen molar-refractivity contribution in [1.29, 1.82) is 0 Å². The average molecular weight is 476 g/mol. The summed E-state index contributed by atoms with van der Waals surface area (Å²) in [5, 5.41) is 3.37. The summed E-state index contributed by atoms with van der Waals surface area (Å²) in [6.45, 7) is 6.25. The minimum atomic E-state index is -0.371. The van der Waals surface area contributed by atoms with Crippen molar-refractivity contribution >= 4 is 35.8 Å². The molecule has 0 radical (unpaired) electrons. The average Bonchev–Trinajstić information content (AvgIpc) is 2.55. The van der Waals surface area contributed by atoms with E-state index in [0.29, 0.717) is 18.5 Å². The molecular formula is C19H30FIN4O. The van der Waals surface area contributed by atoms with Crippen LogP contribution in [0.4, 0.5) is 4.39 Å². The number of nitrogens with two attached hydrogens (primary N) is 1. The van der Waals surface area contributed by atoms with Gasteiger partial charge in [0.15, 0.2) is 5.96 Å². The highest BCUT2D eigenvalue weighted by atomic mass is 127. The van der Waals surface area contributed by atoms with Crippen molar-refractivity contribution in [2.45, 2.75) is 38.5 Å². The maximum Gasteiger partial charge on any atom is 0.217 e. The summed E-state index contributed by atoms with van der Waals surface area (Å²) in [5.41, 5.74) is 5.65.